The van der Waals surface area contributed by atoms with Crippen molar-refractivity contribution in [2.24, 2.45) is 0 Å². The molecule has 24 nitrogen and oxygen atoms in total. The summed E-state index contributed by atoms with van der Waals surface area (Å²) in [4.78, 5) is 61.4. The van der Waals surface area contributed by atoms with Gasteiger partial charge in [-0.15, -0.1) is 0 Å². The van der Waals surface area contributed by atoms with Crippen molar-refractivity contribution in [3.8, 4) is 0 Å². The first-order chi connectivity index (χ1) is 60.9. The standard InChI is InChI=1S/C25H31ClN6.C25H32N6.2C24H29ClN6/c1-29-14-15-31(17-25(29)11-12-25)23-10-4-9-22-28-19(16-32(22)23)20-7-3-8-21(30(20)2)24-18(26)6-5-13-27-24;1-18-6-5-13-26-24(18)20-8-3-7-19(27-20)21-16-31-22(28-21)9-4-10-23(31)30-15-14-29(2)25(17-30)11-12-25;1-29-19(6-2-7-20(29)23-17(25)5-4-12-26-23)18-15-31-21(28-18)8-3-9-22(31)30-14-13-27-24(16-30)10-11-24;1-29-13-14-30(16-24(29)10-11-24)22-9-3-8-21-28-20(15-31(21)22)18-6-2-7-19(27-18)23-17(25)5-4-12-26-23/h4-6,9-10,13,16,20-21H,3,7-8,11-12,14-15,17H2,1-2H3;4-6,9-10,13,16,19-20,27H,3,7-8,11-12,14-15,17H2,1-2H3;3-5,8-9,12,15,19-20,27H,2,6-7,10-11,13-14,16H2,1H3;3-5,8-9,12,15,18-19,27H,2,6-7,10-11,13-14,16H2,1H3/t20-,21+;2*19-,20+;18-,19+/m1111/s1. The van der Waals surface area contributed by atoms with Gasteiger partial charge in [-0.05, 0) is 267 Å². The van der Waals surface area contributed by atoms with Gasteiger partial charge < -0.3 is 35.6 Å². The Morgan fingerprint density at radius 2 is 0.664 bits per heavy atom. The van der Waals surface area contributed by atoms with E-state index in [0.717, 1.165) is 227 Å². The highest BCUT2D eigenvalue weighted by molar-refractivity contribution is 6.31. The molecule has 654 valence electrons. The summed E-state index contributed by atoms with van der Waals surface area (Å²) in [6, 6.07) is 43.7. The second-order valence-electron chi connectivity index (χ2n) is 38.4. The van der Waals surface area contributed by atoms with Gasteiger partial charge >= 0.3 is 0 Å². The zero-order chi connectivity index (χ0) is 84.9. The Kier molecular flexibility index (Phi) is 22.8. The van der Waals surface area contributed by atoms with E-state index >= 15 is 0 Å². The summed E-state index contributed by atoms with van der Waals surface area (Å²) in [7, 11) is 11.2. The molecule has 4 saturated carbocycles. The minimum absolute atomic E-state index is 0.170. The molecule has 24 rings (SSSR count). The lowest BCUT2D eigenvalue weighted by atomic mass is 9.92. The minimum atomic E-state index is 0.170. The smallest absolute Gasteiger partial charge is 0.138 e. The number of nitrogens with zero attached hydrogens (tertiary/aromatic N) is 21. The van der Waals surface area contributed by atoms with Gasteiger partial charge in [0, 0.05) is 150 Å². The number of hydrogen-bond acceptors (Lipinski definition) is 20. The molecule has 20 heterocycles. The lowest BCUT2D eigenvalue weighted by Gasteiger charge is -2.41. The summed E-state index contributed by atoms with van der Waals surface area (Å²) in [6.45, 7) is 15.3. The summed E-state index contributed by atoms with van der Waals surface area (Å²) >= 11 is 19.4. The fourth-order valence-corrected chi connectivity index (χ4v) is 23.2. The highest BCUT2D eigenvalue weighted by atomic mass is 35.5. The first-order valence-corrected chi connectivity index (χ1v) is 47.6. The van der Waals surface area contributed by atoms with Crippen LogP contribution in [0, 0.1) is 6.92 Å². The minimum Gasteiger partial charge on any atom is -0.355 e. The van der Waals surface area contributed by atoms with E-state index in [9.17, 15) is 0 Å². The van der Waals surface area contributed by atoms with Gasteiger partial charge in [0.25, 0.3) is 0 Å². The molecule has 4 spiro atoms. The van der Waals surface area contributed by atoms with Crippen LogP contribution >= 0.6 is 34.8 Å². The van der Waals surface area contributed by atoms with E-state index < -0.39 is 0 Å². The van der Waals surface area contributed by atoms with Crippen LogP contribution in [-0.4, -0.2) is 218 Å². The Labute approximate surface area is 750 Å². The zero-order valence-electron chi connectivity index (χ0n) is 73.4. The third-order valence-corrected chi connectivity index (χ3v) is 31.7. The van der Waals surface area contributed by atoms with Gasteiger partial charge in [-0.3, -0.25) is 62.0 Å². The number of hydrogen-bond donors (Lipinski definition) is 3. The summed E-state index contributed by atoms with van der Waals surface area (Å²) in [5.41, 5.74) is 15.6. The van der Waals surface area contributed by atoms with Crippen LogP contribution in [0.2, 0.25) is 15.1 Å². The molecular formula is C98H121Cl3N24. The van der Waals surface area contributed by atoms with E-state index in [0.29, 0.717) is 28.2 Å². The lowest BCUT2D eigenvalue weighted by Crippen LogP contribution is -2.53. The van der Waals surface area contributed by atoms with E-state index in [1.807, 2.05) is 67.3 Å². The van der Waals surface area contributed by atoms with Crippen molar-refractivity contribution in [1.82, 2.24) is 97.9 Å². The van der Waals surface area contributed by atoms with Crippen molar-refractivity contribution in [3.05, 3.63) is 237 Å². The largest absolute Gasteiger partial charge is 0.355 e. The fraction of sp³-hybridized carbons (Fsp3) is 0.510. The molecule has 0 bridgehead atoms. The SMILES string of the molecule is CN1CCN(c2cccc3nc([C@H]4CCC[C@@H](c5ncccc5Cl)N4)cn23)CC12CC2.CN1[C@@H](c2cn3c(N4CCN(C)C5(CC5)C4)cccc3n2)CCC[C@H]1c1ncccc1Cl.CN1[C@@H](c2cn3c(N4CCNC5(CC5)C4)cccc3n2)CCC[C@H]1c1ncccc1Cl.Cc1cccnc1[C@@H]1CCC[C@H](c2cn3c(N4CCN(C)C5(CC5)C4)cccc3n2)N1. The maximum atomic E-state index is 6.51. The third kappa shape index (κ3) is 16.5. The van der Waals surface area contributed by atoms with Gasteiger partial charge in [0.05, 0.1) is 109 Å². The number of piperazine rings is 4. The van der Waals surface area contributed by atoms with Crippen molar-refractivity contribution in [1.29, 1.82) is 0 Å². The molecule has 0 aromatic carbocycles. The van der Waals surface area contributed by atoms with Crippen molar-refractivity contribution in [2.75, 3.05) is 133 Å². The Balaban J connectivity index is 0.000000102. The number of aryl methyl sites for hydroxylation is 1. The average molecular weight is 1740 g/mol. The summed E-state index contributed by atoms with van der Waals surface area (Å²) in [5, 5.41) is 13.6. The number of anilines is 4. The molecule has 8 saturated heterocycles. The van der Waals surface area contributed by atoms with Gasteiger partial charge in [0.1, 0.15) is 45.9 Å². The van der Waals surface area contributed by atoms with E-state index in [4.69, 9.17) is 54.7 Å². The Morgan fingerprint density at radius 3 is 1.05 bits per heavy atom. The monoisotopic (exact) mass is 1740 g/mol. The van der Waals surface area contributed by atoms with Crippen LogP contribution < -0.4 is 35.6 Å². The van der Waals surface area contributed by atoms with Crippen LogP contribution in [0.25, 0.3) is 22.6 Å². The maximum Gasteiger partial charge on any atom is 0.138 e. The number of aromatic nitrogens is 12. The molecule has 0 radical (unpaired) electrons. The van der Waals surface area contributed by atoms with Gasteiger partial charge in [0.15, 0.2) is 0 Å². The second kappa shape index (κ2) is 34.3. The molecule has 12 fully saturated rings. The summed E-state index contributed by atoms with van der Waals surface area (Å²) in [5.74, 6) is 5.06. The van der Waals surface area contributed by atoms with Gasteiger partial charge in [-0.2, -0.15) is 0 Å². The predicted molar refractivity (Wildman–Crippen MR) is 499 cm³/mol. The zero-order valence-corrected chi connectivity index (χ0v) is 75.7. The number of likely N-dealkylation sites (tertiary alicyclic amines) is 2. The average Bonchev–Trinajstić information content (AvgIpc) is 1.61. The number of fused-ring (bicyclic) bond motifs is 4. The summed E-state index contributed by atoms with van der Waals surface area (Å²) < 4.78 is 9.20. The van der Waals surface area contributed by atoms with Crippen molar-refractivity contribution >= 4 is 80.7 Å². The summed E-state index contributed by atoms with van der Waals surface area (Å²) in [6.07, 6.45) is 40.3. The fourth-order valence-electron chi connectivity index (χ4n) is 22.4. The number of piperidine rings is 4. The Hall–Kier alpha value is -8.89. The van der Waals surface area contributed by atoms with Crippen molar-refractivity contribution in [2.45, 2.75) is 206 Å². The quantitative estimate of drug-likeness (QED) is 0.105. The van der Waals surface area contributed by atoms with Crippen molar-refractivity contribution in [3.63, 3.8) is 0 Å². The molecule has 8 atom stereocenters. The predicted octanol–water partition coefficient (Wildman–Crippen LogP) is 16.9. The number of rotatable bonds is 12. The third-order valence-electron chi connectivity index (χ3n) is 30.7. The second-order valence-corrected chi connectivity index (χ2v) is 39.6. The van der Waals surface area contributed by atoms with Crippen LogP contribution in [0.3, 0.4) is 0 Å². The van der Waals surface area contributed by atoms with Crippen LogP contribution in [0.15, 0.2) is 171 Å². The number of likely N-dealkylation sites (N-methyl/N-ethyl adjacent to an activating group) is 3. The van der Waals surface area contributed by atoms with E-state index in [1.165, 1.54) is 92.3 Å². The lowest BCUT2D eigenvalue weighted by molar-refractivity contribution is 0.110. The van der Waals surface area contributed by atoms with Gasteiger partial charge in [-0.25, -0.2) is 19.9 Å². The van der Waals surface area contributed by atoms with Crippen LogP contribution in [0.5, 0.6) is 0 Å². The number of halogens is 3. The van der Waals surface area contributed by atoms with Crippen LogP contribution in [-0.2, 0) is 0 Å². The van der Waals surface area contributed by atoms with Gasteiger partial charge in [0.2, 0.25) is 0 Å². The van der Waals surface area contributed by atoms with Crippen molar-refractivity contribution < 1.29 is 0 Å². The molecule has 3 N–H and O–H groups in total. The topological polar surface area (TPSA) is 186 Å². The highest BCUT2D eigenvalue weighted by Crippen LogP contribution is 2.50. The number of pyridine rings is 8. The molecule has 12 aromatic heterocycles. The maximum absolute atomic E-state index is 6.51. The van der Waals surface area contributed by atoms with Crippen LogP contribution in [0.4, 0.5) is 23.3 Å². The Morgan fingerprint density at radius 1 is 0.328 bits per heavy atom. The number of nitrogens with one attached hydrogen (secondary N) is 3. The van der Waals surface area contributed by atoms with E-state index in [-0.39, 0.29) is 42.3 Å². The molecule has 4 aliphatic carbocycles. The molecule has 125 heavy (non-hydrogen) atoms. The Bertz CT molecular complexity index is 5690. The molecule has 8 aliphatic heterocycles. The van der Waals surface area contributed by atoms with Crippen LogP contribution in [0.1, 0.15) is 228 Å². The molecule has 0 unspecified atom stereocenters. The molecule has 12 aromatic rings. The first-order valence-electron chi connectivity index (χ1n) is 46.4. The molecule has 12 aliphatic rings. The van der Waals surface area contributed by atoms with Gasteiger partial charge in [-0.1, -0.05) is 65.1 Å². The van der Waals surface area contributed by atoms with E-state index in [2.05, 4.69) is 243 Å². The van der Waals surface area contributed by atoms with E-state index in [1.54, 1.807) is 0 Å². The molecular weight excluding hydrogens is 1620 g/mol. The normalized spacial score (nSPS) is 26.0. The highest BCUT2D eigenvalue weighted by Gasteiger charge is 2.53. The number of imidazole rings is 4. The molecule has 27 heteroatoms. The molecule has 0 amide bonds. The first kappa shape index (κ1) is 83.0.